The van der Waals surface area contributed by atoms with Crippen molar-refractivity contribution in [3.63, 3.8) is 0 Å². The SMILES string of the molecule is COc1ccccc1CCC(=O)O[C@H](C)C(=O)Nc1cc(Cl)cc(Cl)c1. The highest BCUT2D eigenvalue weighted by Gasteiger charge is 2.18. The molecule has 0 heterocycles. The Morgan fingerprint density at radius 1 is 1.12 bits per heavy atom. The van der Waals surface area contributed by atoms with E-state index in [0.29, 0.717) is 27.9 Å². The van der Waals surface area contributed by atoms with Crippen LogP contribution in [0.25, 0.3) is 0 Å². The molecule has 2 rings (SSSR count). The summed E-state index contributed by atoms with van der Waals surface area (Å²) in [5.41, 5.74) is 1.34. The molecule has 0 aliphatic rings. The lowest BCUT2D eigenvalue weighted by Crippen LogP contribution is -2.30. The van der Waals surface area contributed by atoms with E-state index < -0.39 is 18.0 Å². The number of methoxy groups -OCH3 is 1. The number of hydrogen-bond acceptors (Lipinski definition) is 4. The Kier molecular flexibility index (Phi) is 7.30. The number of rotatable bonds is 7. The Hall–Kier alpha value is -2.24. The number of para-hydroxylation sites is 1. The molecule has 0 aliphatic carbocycles. The number of benzene rings is 2. The van der Waals surface area contributed by atoms with Crippen molar-refractivity contribution in [2.45, 2.75) is 25.9 Å². The van der Waals surface area contributed by atoms with E-state index >= 15 is 0 Å². The van der Waals surface area contributed by atoms with Gasteiger partial charge in [0.2, 0.25) is 0 Å². The molecular formula is C19H19Cl2NO4. The van der Waals surface area contributed by atoms with Gasteiger partial charge in [0.05, 0.1) is 7.11 Å². The van der Waals surface area contributed by atoms with Crippen molar-refractivity contribution in [3.8, 4) is 5.75 Å². The van der Waals surface area contributed by atoms with Crippen LogP contribution < -0.4 is 10.1 Å². The second kappa shape index (κ2) is 9.46. The first-order valence-corrected chi connectivity index (χ1v) is 8.73. The first-order valence-electron chi connectivity index (χ1n) is 7.97. The van der Waals surface area contributed by atoms with Gasteiger partial charge >= 0.3 is 5.97 Å². The first kappa shape index (κ1) is 20.1. The third kappa shape index (κ3) is 5.93. The fourth-order valence-corrected chi connectivity index (χ4v) is 2.85. The Balaban J connectivity index is 1.86. The predicted molar refractivity (Wildman–Crippen MR) is 102 cm³/mol. The van der Waals surface area contributed by atoms with Crippen LogP contribution in [-0.2, 0) is 20.7 Å². The molecular weight excluding hydrogens is 377 g/mol. The number of amides is 1. The van der Waals surface area contributed by atoms with E-state index in [9.17, 15) is 9.59 Å². The average Bonchev–Trinajstić information content (AvgIpc) is 2.59. The normalized spacial score (nSPS) is 11.5. The topological polar surface area (TPSA) is 64.6 Å². The molecule has 0 spiro atoms. The molecule has 5 nitrogen and oxygen atoms in total. The van der Waals surface area contributed by atoms with Gasteiger partial charge in [0, 0.05) is 22.2 Å². The Morgan fingerprint density at radius 2 is 1.77 bits per heavy atom. The third-order valence-corrected chi connectivity index (χ3v) is 4.03. The highest BCUT2D eigenvalue weighted by Crippen LogP contribution is 2.23. The summed E-state index contributed by atoms with van der Waals surface area (Å²) in [4.78, 5) is 24.2. The summed E-state index contributed by atoms with van der Waals surface area (Å²) < 4.78 is 10.4. The lowest BCUT2D eigenvalue weighted by atomic mass is 10.1. The molecule has 2 aromatic carbocycles. The van der Waals surface area contributed by atoms with Gasteiger partial charge in [0.1, 0.15) is 5.75 Å². The highest BCUT2D eigenvalue weighted by molar-refractivity contribution is 6.35. The molecule has 0 unspecified atom stereocenters. The molecule has 0 aromatic heterocycles. The maximum absolute atomic E-state index is 12.2. The standard InChI is InChI=1S/C19H19Cl2NO4/c1-12(19(24)22-16-10-14(20)9-15(21)11-16)26-18(23)8-7-13-5-3-4-6-17(13)25-2/h3-6,9-12H,7-8H2,1-2H3,(H,22,24)/t12-/m1/s1. The number of aryl methyl sites for hydroxylation is 1. The van der Waals surface area contributed by atoms with E-state index in [1.807, 2.05) is 24.3 Å². The fourth-order valence-electron chi connectivity index (χ4n) is 2.33. The van der Waals surface area contributed by atoms with Crippen molar-refractivity contribution in [1.29, 1.82) is 0 Å². The summed E-state index contributed by atoms with van der Waals surface area (Å²) in [6.07, 6.45) is -0.347. The molecule has 0 saturated heterocycles. The molecule has 2 aromatic rings. The first-order chi connectivity index (χ1) is 12.4. The largest absolute Gasteiger partial charge is 0.496 e. The maximum atomic E-state index is 12.2. The van der Waals surface area contributed by atoms with Crippen LogP contribution in [0.5, 0.6) is 5.75 Å². The molecule has 0 fully saturated rings. The zero-order chi connectivity index (χ0) is 19.1. The Morgan fingerprint density at radius 3 is 2.42 bits per heavy atom. The van der Waals surface area contributed by atoms with Gasteiger partial charge in [-0.3, -0.25) is 9.59 Å². The van der Waals surface area contributed by atoms with Crippen LogP contribution in [0.3, 0.4) is 0 Å². The van der Waals surface area contributed by atoms with Crippen LogP contribution >= 0.6 is 23.2 Å². The summed E-state index contributed by atoms with van der Waals surface area (Å²) in [5.74, 6) is -0.222. The zero-order valence-electron chi connectivity index (χ0n) is 14.4. The molecule has 138 valence electrons. The minimum atomic E-state index is -0.946. The summed E-state index contributed by atoms with van der Waals surface area (Å²) in [5, 5.41) is 3.41. The number of ether oxygens (including phenoxy) is 2. The number of esters is 1. The van der Waals surface area contributed by atoms with Crippen molar-refractivity contribution >= 4 is 40.8 Å². The van der Waals surface area contributed by atoms with Crippen molar-refractivity contribution in [1.82, 2.24) is 0 Å². The number of anilines is 1. The Bertz CT molecular complexity index is 775. The summed E-state index contributed by atoms with van der Waals surface area (Å²) in [6, 6.07) is 12.1. The lowest BCUT2D eigenvalue weighted by molar-refractivity contribution is -0.153. The minimum absolute atomic E-state index is 0.140. The minimum Gasteiger partial charge on any atom is -0.496 e. The van der Waals surface area contributed by atoms with E-state index in [2.05, 4.69) is 5.32 Å². The monoisotopic (exact) mass is 395 g/mol. The van der Waals surface area contributed by atoms with Crippen LogP contribution in [-0.4, -0.2) is 25.1 Å². The number of nitrogens with one attached hydrogen (secondary N) is 1. The summed E-state index contributed by atoms with van der Waals surface area (Å²) in [6.45, 7) is 1.50. The predicted octanol–water partition coefficient (Wildman–Crippen LogP) is 4.51. The molecule has 1 N–H and O–H groups in total. The van der Waals surface area contributed by atoms with Gasteiger partial charge in [-0.05, 0) is 43.2 Å². The molecule has 0 bridgehead atoms. The van der Waals surface area contributed by atoms with Gasteiger partial charge < -0.3 is 14.8 Å². The molecule has 1 amide bonds. The molecule has 0 aliphatic heterocycles. The number of halogens is 2. The van der Waals surface area contributed by atoms with Gasteiger partial charge in [-0.15, -0.1) is 0 Å². The van der Waals surface area contributed by atoms with Crippen molar-refractivity contribution in [2.75, 3.05) is 12.4 Å². The van der Waals surface area contributed by atoms with Gasteiger partial charge in [-0.25, -0.2) is 0 Å². The van der Waals surface area contributed by atoms with Gasteiger partial charge in [0.25, 0.3) is 5.91 Å². The van der Waals surface area contributed by atoms with Gasteiger partial charge in [-0.2, -0.15) is 0 Å². The highest BCUT2D eigenvalue weighted by atomic mass is 35.5. The van der Waals surface area contributed by atoms with Crippen LogP contribution in [0.2, 0.25) is 10.0 Å². The lowest BCUT2D eigenvalue weighted by Gasteiger charge is -2.14. The molecule has 0 radical (unpaired) electrons. The smallest absolute Gasteiger partial charge is 0.306 e. The summed E-state index contributed by atoms with van der Waals surface area (Å²) >= 11 is 11.8. The van der Waals surface area contributed by atoms with Crippen molar-refractivity contribution in [3.05, 3.63) is 58.1 Å². The third-order valence-electron chi connectivity index (χ3n) is 3.60. The van der Waals surface area contributed by atoms with E-state index in [4.69, 9.17) is 32.7 Å². The average molecular weight is 396 g/mol. The van der Waals surface area contributed by atoms with Crippen LogP contribution in [0.4, 0.5) is 5.69 Å². The van der Waals surface area contributed by atoms with E-state index in [1.165, 1.54) is 6.92 Å². The second-order valence-electron chi connectivity index (χ2n) is 5.59. The van der Waals surface area contributed by atoms with E-state index in [-0.39, 0.29) is 6.42 Å². The van der Waals surface area contributed by atoms with E-state index in [1.54, 1.807) is 25.3 Å². The van der Waals surface area contributed by atoms with Gasteiger partial charge in [-0.1, -0.05) is 41.4 Å². The number of carbonyl (C=O) groups is 2. The quantitative estimate of drug-likeness (QED) is 0.700. The molecule has 0 saturated carbocycles. The molecule has 26 heavy (non-hydrogen) atoms. The summed E-state index contributed by atoms with van der Waals surface area (Å²) in [7, 11) is 1.58. The van der Waals surface area contributed by atoms with Crippen molar-refractivity contribution < 1.29 is 19.1 Å². The molecule has 1 atom stereocenters. The van der Waals surface area contributed by atoms with Gasteiger partial charge in [0.15, 0.2) is 6.10 Å². The maximum Gasteiger partial charge on any atom is 0.306 e. The Labute approximate surface area is 162 Å². The molecule has 7 heteroatoms. The van der Waals surface area contributed by atoms with Crippen LogP contribution in [0, 0.1) is 0 Å². The second-order valence-corrected chi connectivity index (χ2v) is 6.46. The van der Waals surface area contributed by atoms with Crippen LogP contribution in [0.15, 0.2) is 42.5 Å². The number of carbonyl (C=O) groups excluding carboxylic acids is 2. The fraction of sp³-hybridized carbons (Fsp3) is 0.263. The van der Waals surface area contributed by atoms with Crippen molar-refractivity contribution in [2.24, 2.45) is 0 Å². The number of hydrogen-bond donors (Lipinski definition) is 1. The zero-order valence-corrected chi connectivity index (χ0v) is 15.9. The van der Waals surface area contributed by atoms with E-state index in [0.717, 1.165) is 5.56 Å². The van der Waals surface area contributed by atoms with Crippen LogP contribution in [0.1, 0.15) is 18.9 Å².